The number of fused-ring (bicyclic) bond motifs is 1. The molecule has 2 N–H and O–H groups in total. The number of aromatic amines is 1. The predicted molar refractivity (Wildman–Crippen MR) is 224 cm³/mol. The molecule has 304 valence electrons. The predicted octanol–water partition coefficient (Wildman–Crippen LogP) is 10.4. The standard InChI is InChI=1S/C46H60N6O5/c1-44(2,3)31-17-21-33(22-18-31)52-36(29-14-19-32(20-15-29)47-41(53)39-13-11-27-51(39)43(55)57-46(7,8)9)24-25-37(52)30-16-23-34-35(28-30)49-40(48-34)38-12-10-26-50(38)42(54)56-45(4,5)6/h14-23,28,36-39H,10-13,24-27H2,1-9H3,(H,47,53)(H,48,49)/t36?,37?,38-,39?/m0/s1. The molecule has 0 saturated carbocycles. The topological polar surface area (TPSA) is 120 Å². The van der Waals surface area contributed by atoms with E-state index in [0.717, 1.165) is 54.6 Å². The molecule has 57 heavy (non-hydrogen) atoms. The SMILES string of the molecule is CC(C)(C)OC(=O)N1CCCC1C(=O)Nc1ccc(C2CCC(c3ccc4[nH]c([C@@H]5CCCN5C(=O)OC(C)(C)C)nc4c3)N2c2ccc(C(C)(C)C)cc2)cc1. The number of H-pyrrole nitrogens is 1. The van der Waals surface area contributed by atoms with Gasteiger partial charge in [0.05, 0.1) is 29.2 Å². The second-order valence-electron chi connectivity index (χ2n) is 19.0. The number of nitrogens with zero attached hydrogens (tertiary/aromatic N) is 4. The Kier molecular flexibility index (Phi) is 10.8. The van der Waals surface area contributed by atoms with Crippen LogP contribution in [0.5, 0.6) is 0 Å². The number of imidazole rings is 1. The van der Waals surface area contributed by atoms with Crippen molar-refractivity contribution in [2.45, 2.75) is 142 Å². The number of hydrogen-bond acceptors (Lipinski definition) is 7. The lowest BCUT2D eigenvalue weighted by Crippen LogP contribution is -2.45. The van der Waals surface area contributed by atoms with Gasteiger partial charge in [-0.1, -0.05) is 51.1 Å². The zero-order chi connectivity index (χ0) is 40.9. The van der Waals surface area contributed by atoms with E-state index >= 15 is 0 Å². The molecule has 7 rings (SSSR count). The number of hydrogen-bond donors (Lipinski definition) is 2. The van der Waals surface area contributed by atoms with Gasteiger partial charge in [-0.25, -0.2) is 14.6 Å². The highest BCUT2D eigenvalue weighted by Gasteiger charge is 2.39. The number of anilines is 2. The first-order valence-electron chi connectivity index (χ1n) is 20.6. The van der Waals surface area contributed by atoms with E-state index in [1.54, 1.807) is 9.80 Å². The molecule has 0 bridgehead atoms. The molecule has 4 heterocycles. The normalized spacial score (nSPS) is 21.7. The molecule has 3 unspecified atom stereocenters. The summed E-state index contributed by atoms with van der Waals surface area (Å²) in [6.45, 7) is 19.0. The van der Waals surface area contributed by atoms with Crippen LogP contribution in [0, 0.1) is 0 Å². The summed E-state index contributed by atoms with van der Waals surface area (Å²) in [6.07, 6.45) is 4.24. The Bertz CT molecular complexity index is 2090. The maximum Gasteiger partial charge on any atom is 0.410 e. The molecular weight excluding hydrogens is 717 g/mol. The van der Waals surface area contributed by atoms with E-state index in [0.29, 0.717) is 25.2 Å². The molecule has 0 spiro atoms. The summed E-state index contributed by atoms with van der Waals surface area (Å²) in [5, 5.41) is 3.06. The van der Waals surface area contributed by atoms with Crippen molar-refractivity contribution in [2.75, 3.05) is 23.3 Å². The lowest BCUT2D eigenvalue weighted by Gasteiger charge is -2.34. The molecule has 3 fully saturated rings. The van der Waals surface area contributed by atoms with Crippen molar-refractivity contribution in [1.82, 2.24) is 19.8 Å². The molecule has 0 radical (unpaired) electrons. The number of nitrogens with one attached hydrogen (secondary N) is 2. The molecule has 11 heteroatoms. The van der Waals surface area contributed by atoms with Crippen molar-refractivity contribution >= 4 is 40.5 Å². The van der Waals surface area contributed by atoms with E-state index in [1.807, 2.05) is 53.7 Å². The van der Waals surface area contributed by atoms with Crippen LogP contribution < -0.4 is 10.2 Å². The first-order chi connectivity index (χ1) is 26.8. The third-order valence-corrected chi connectivity index (χ3v) is 11.3. The van der Waals surface area contributed by atoms with E-state index in [1.165, 1.54) is 16.7 Å². The van der Waals surface area contributed by atoms with Gasteiger partial charge in [-0.15, -0.1) is 0 Å². The highest BCUT2D eigenvalue weighted by atomic mass is 16.6. The molecule has 11 nitrogen and oxygen atoms in total. The van der Waals surface area contributed by atoms with Crippen LogP contribution in [0.25, 0.3) is 11.0 Å². The maximum absolute atomic E-state index is 13.4. The van der Waals surface area contributed by atoms with Crippen LogP contribution in [0.2, 0.25) is 0 Å². The van der Waals surface area contributed by atoms with Gasteiger partial charge in [0.1, 0.15) is 23.1 Å². The van der Waals surface area contributed by atoms with E-state index in [2.05, 4.69) is 90.6 Å². The van der Waals surface area contributed by atoms with Crippen LogP contribution in [0.1, 0.15) is 141 Å². The number of aromatic nitrogens is 2. The fourth-order valence-electron chi connectivity index (χ4n) is 8.55. The number of carbonyl (C=O) groups is 3. The van der Waals surface area contributed by atoms with E-state index in [4.69, 9.17) is 14.5 Å². The molecule has 3 aliphatic heterocycles. The van der Waals surface area contributed by atoms with Crippen molar-refractivity contribution in [1.29, 1.82) is 0 Å². The van der Waals surface area contributed by atoms with E-state index in [9.17, 15) is 14.4 Å². The fraction of sp³-hybridized carbons (Fsp3) is 0.522. The van der Waals surface area contributed by atoms with Crippen LogP contribution in [0.3, 0.4) is 0 Å². The van der Waals surface area contributed by atoms with Crippen molar-refractivity contribution < 1.29 is 23.9 Å². The van der Waals surface area contributed by atoms with Crippen LogP contribution >= 0.6 is 0 Å². The number of ether oxygens (including phenoxy) is 2. The van der Waals surface area contributed by atoms with Gasteiger partial charge < -0.3 is 24.7 Å². The lowest BCUT2D eigenvalue weighted by atomic mass is 9.87. The van der Waals surface area contributed by atoms with Gasteiger partial charge in [-0.05, 0) is 139 Å². The van der Waals surface area contributed by atoms with Gasteiger partial charge in [-0.3, -0.25) is 14.6 Å². The largest absolute Gasteiger partial charge is 0.444 e. The second kappa shape index (κ2) is 15.4. The highest BCUT2D eigenvalue weighted by Crippen LogP contribution is 2.48. The number of rotatable bonds is 6. The van der Waals surface area contributed by atoms with Crippen LogP contribution in [-0.2, 0) is 19.7 Å². The Morgan fingerprint density at radius 3 is 1.89 bits per heavy atom. The Morgan fingerprint density at radius 1 is 0.684 bits per heavy atom. The van der Waals surface area contributed by atoms with Crippen molar-refractivity contribution in [3.63, 3.8) is 0 Å². The third-order valence-electron chi connectivity index (χ3n) is 11.3. The summed E-state index contributed by atoms with van der Waals surface area (Å²) in [7, 11) is 0. The lowest BCUT2D eigenvalue weighted by molar-refractivity contribution is -0.120. The first kappa shape index (κ1) is 40.1. The van der Waals surface area contributed by atoms with Crippen molar-refractivity contribution in [2.24, 2.45) is 0 Å². The molecule has 4 aromatic rings. The van der Waals surface area contributed by atoms with Gasteiger partial charge >= 0.3 is 12.2 Å². The van der Waals surface area contributed by atoms with Gasteiger partial charge in [0.25, 0.3) is 0 Å². The van der Waals surface area contributed by atoms with Crippen LogP contribution in [0.4, 0.5) is 21.0 Å². The summed E-state index contributed by atoms with van der Waals surface area (Å²) in [5.74, 6) is 0.595. The Morgan fingerprint density at radius 2 is 1.26 bits per heavy atom. The Labute approximate surface area is 337 Å². The minimum absolute atomic E-state index is 0.0338. The quantitative estimate of drug-likeness (QED) is 0.200. The third kappa shape index (κ3) is 8.92. The summed E-state index contributed by atoms with van der Waals surface area (Å²) >= 11 is 0. The summed E-state index contributed by atoms with van der Waals surface area (Å²) < 4.78 is 11.3. The average molecular weight is 777 g/mol. The molecule has 3 amide bonds. The van der Waals surface area contributed by atoms with Crippen molar-refractivity contribution in [3.05, 3.63) is 89.2 Å². The highest BCUT2D eigenvalue weighted by molar-refractivity contribution is 5.97. The summed E-state index contributed by atoms with van der Waals surface area (Å²) in [4.78, 5) is 53.9. The summed E-state index contributed by atoms with van der Waals surface area (Å²) in [6, 6.07) is 23.1. The number of amides is 3. The van der Waals surface area contributed by atoms with Crippen molar-refractivity contribution in [3.8, 4) is 0 Å². The van der Waals surface area contributed by atoms with Gasteiger partial charge in [0, 0.05) is 24.5 Å². The molecule has 3 aromatic carbocycles. The number of carbonyl (C=O) groups excluding carboxylic acids is 3. The van der Waals surface area contributed by atoms with Gasteiger partial charge in [-0.2, -0.15) is 0 Å². The Balaban J connectivity index is 1.13. The molecular formula is C46H60N6O5. The summed E-state index contributed by atoms with van der Waals surface area (Å²) in [5.41, 5.74) is 6.16. The average Bonchev–Trinajstić information content (AvgIpc) is 3.95. The number of likely N-dealkylation sites (tertiary alicyclic amines) is 2. The van der Waals surface area contributed by atoms with E-state index < -0.39 is 23.3 Å². The fourth-order valence-corrected chi connectivity index (χ4v) is 8.55. The van der Waals surface area contributed by atoms with Crippen LogP contribution in [-0.4, -0.2) is 68.2 Å². The van der Waals surface area contributed by atoms with E-state index in [-0.39, 0.29) is 35.5 Å². The van der Waals surface area contributed by atoms with Crippen LogP contribution in [0.15, 0.2) is 66.7 Å². The monoisotopic (exact) mass is 776 g/mol. The minimum Gasteiger partial charge on any atom is -0.444 e. The molecule has 4 atom stereocenters. The second-order valence-corrected chi connectivity index (χ2v) is 19.0. The zero-order valence-corrected chi connectivity index (χ0v) is 35.1. The first-order valence-corrected chi connectivity index (χ1v) is 20.6. The minimum atomic E-state index is -0.629. The molecule has 0 aliphatic carbocycles. The molecule has 1 aromatic heterocycles. The molecule has 3 aliphatic rings. The van der Waals surface area contributed by atoms with Gasteiger partial charge in [0.15, 0.2) is 0 Å². The maximum atomic E-state index is 13.4. The van der Waals surface area contributed by atoms with Gasteiger partial charge in [0.2, 0.25) is 5.91 Å². The Hall–Kier alpha value is -5.06. The zero-order valence-electron chi connectivity index (χ0n) is 35.1. The molecule has 3 saturated heterocycles. The number of benzene rings is 3. The smallest absolute Gasteiger partial charge is 0.410 e.